The molecule has 0 aliphatic carbocycles. The number of ether oxygens (including phenoxy) is 2. The maximum Gasteiger partial charge on any atom is 0.162 e. The van der Waals surface area contributed by atoms with E-state index in [-0.39, 0.29) is 12.3 Å². The SMILES string of the molecule is COc1cc2nc(C)nc(N(C)c3ccc(C(=N)CO)cc3)c2cc1OC. The van der Waals surface area contributed by atoms with Crippen LogP contribution in [0.15, 0.2) is 36.4 Å². The molecule has 2 N–H and O–H groups in total. The first-order chi connectivity index (χ1) is 13.0. The van der Waals surface area contributed by atoms with E-state index in [1.54, 1.807) is 14.2 Å². The number of nitrogens with zero attached hydrogens (tertiary/aromatic N) is 3. The molecule has 0 unspecified atom stereocenters. The van der Waals surface area contributed by atoms with Gasteiger partial charge < -0.3 is 24.9 Å². The Morgan fingerprint density at radius 2 is 1.70 bits per heavy atom. The Labute approximate surface area is 157 Å². The van der Waals surface area contributed by atoms with Gasteiger partial charge in [0.1, 0.15) is 11.6 Å². The molecule has 7 heteroatoms. The van der Waals surface area contributed by atoms with Crippen LogP contribution in [0.3, 0.4) is 0 Å². The van der Waals surface area contributed by atoms with Gasteiger partial charge in [-0.2, -0.15) is 0 Å². The van der Waals surface area contributed by atoms with Gasteiger partial charge >= 0.3 is 0 Å². The molecule has 0 fully saturated rings. The molecule has 0 saturated carbocycles. The first-order valence-electron chi connectivity index (χ1n) is 8.41. The van der Waals surface area contributed by atoms with Crippen molar-refractivity contribution in [2.24, 2.45) is 0 Å². The lowest BCUT2D eigenvalue weighted by atomic mass is 10.1. The number of hydrogen-bond acceptors (Lipinski definition) is 7. The highest BCUT2D eigenvalue weighted by Gasteiger charge is 2.16. The van der Waals surface area contributed by atoms with Crippen molar-refractivity contribution in [3.05, 3.63) is 47.8 Å². The Hall–Kier alpha value is -3.19. The van der Waals surface area contributed by atoms with Crippen molar-refractivity contribution in [3.8, 4) is 11.5 Å². The van der Waals surface area contributed by atoms with Gasteiger partial charge in [0, 0.05) is 24.2 Å². The van der Waals surface area contributed by atoms with E-state index in [0.717, 1.165) is 22.4 Å². The average molecular weight is 366 g/mol. The summed E-state index contributed by atoms with van der Waals surface area (Å²) in [5, 5.41) is 17.7. The van der Waals surface area contributed by atoms with E-state index in [1.807, 2.05) is 55.3 Å². The molecule has 0 aliphatic rings. The fourth-order valence-corrected chi connectivity index (χ4v) is 2.91. The van der Waals surface area contributed by atoms with Crippen molar-refractivity contribution in [2.45, 2.75) is 6.92 Å². The average Bonchev–Trinajstić information content (AvgIpc) is 2.71. The maximum atomic E-state index is 9.11. The zero-order chi connectivity index (χ0) is 19.6. The van der Waals surface area contributed by atoms with Gasteiger partial charge in [0.05, 0.1) is 32.1 Å². The topological polar surface area (TPSA) is 91.6 Å². The normalized spacial score (nSPS) is 10.7. The molecule has 27 heavy (non-hydrogen) atoms. The van der Waals surface area contributed by atoms with E-state index >= 15 is 0 Å². The summed E-state index contributed by atoms with van der Waals surface area (Å²) in [4.78, 5) is 11.1. The highest BCUT2D eigenvalue weighted by Crippen LogP contribution is 2.36. The maximum absolute atomic E-state index is 9.11. The van der Waals surface area contributed by atoms with Crippen molar-refractivity contribution in [2.75, 3.05) is 32.8 Å². The number of aliphatic hydroxyl groups is 1. The molecule has 0 spiro atoms. The fourth-order valence-electron chi connectivity index (χ4n) is 2.91. The van der Waals surface area contributed by atoms with Gasteiger partial charge in [0.25, 0.3) is 0 Å². The van der Waals surface area contributed by atoms with Crippen molar-refractivity contribution in [1.82, 2.24) is 9.97 Å². The molecular weight excluding hydrogens is 344 g/mol. The van der Waals surface area contributed by atoms with E-state index in [4.69, 9.17) is 20.0 Å². The zero-order valence-electron chi connectivity index (χ0n) is 15.8. The highest BCUT2D eigenvalue weighted by molar-refractivity contribution is 5.99. The number of rotatable bonds is 6. The van der Waals surface area contributed by atoms with Crippen LogP contribution in [0.1, 0.15) is 11.4 Å². The van der Waals surface area contributed by atoms with Crippen molar-refractivity contribution < 1.29 is 14.6 Å². The second kappa shape index (κ2) is 7.59. The monoisotopic (exact) mass is 366 g/mol. The summed E-state index contributed by atoms with van der Waals surface area (Å²) < 4.78 is 10.8. The van der Waals surface area contributed by atoms with Crippen LogP contribution in [0.2, 0.25) is 0 Å². The number of nitrogens with one attached hydrogen (secondary N) is 1. The molecule has 0 saturated heterocycles. The molecule has 7 nitrogen and oxygen atoms in total. The lowest BCUT2D eigenvalue weighted by Gasteiger charge is -2.21. The molecule has 0 amide bonds. The van der Waals surface area contributed by atoms with Gasteiger partial charge in [-0.05, 0) is 30.7 Å². The first kappa shape index (κ1) is 18.6. The van der Waals surface area contributed by atoms with Crippen LogP contribution in [0.4, 0.5) is 11.5 Å². The van der Waals surface area contributed by atoms with E-state index < -0.39 is 0 Å². The van der Waals surface area contributed by atoms with Gasteiger partial charge in [-0.3, -0.25) is 0 Å². The molecule has 0 atom stereocenters. The lowest BCUT2D eigenvalue weighted by Crippen LogP contribution is -2.13. The number of aliphatic hydroxyl groups excluding tert-OH is 1. The summed E-state index contributed by atoms with van der Waals surface area (Å²) >= 11 is 0. The molecule has 0 radical (unpaired) electrons. The number of benzene rings is 2. The molecule has 140 valence electrons. The third-order valence-corrected chi connectivity index (χ3v) is 4.37. The minimum Gasteiger partial charge on any atom is -0.493 e. The molecule has 1 aromatic heterocycles. The largest absolute Gasteiger partial charge is 0.493 e. The number of methoxy groups -OCH3 is 2. The Kier molecular flexibility index (Phi) is 5.23. The lowest BCUT2D eigenvalue weighted by molar-refractivity contribution is 0.356. The number of anilines is 2. The fraction of sp³-hybridized carbons (Fsp3) is 0.250. The van der Waals surface area contributed by atoms with Crippen LogP contribution in [0.25, 0.3) is 10.9 Å². The second-order valence-electron chi connectivity index (χ2n) is 6.06. The van der Waals surface area contributed by atoms with E-state index in [0.29, 0.717) is 22.9 Å². The van der Waals surface area contributed by atoms with Crippen LogP contribution < -0.4 is 14.4 Å². The summed E-state index contributed by atoms with van der Waals surface area (Å²) in [5.74, 6) is 2.61. The van der Waals surface area contributed by atoms with Crippen molar-refractivity contribution in [1.29, 1.82) is 5.41 Å². The van der Waals surface area contributed by atoms with Gasteiger partial charge in [-0.15, -0.1) is 0 Å². The van der Waals surface area contributed by atoms with E-state index in [1.165, 1.54) is 0 Å². The number of aryl methyl sites for hydroxylation is 1. The van der Waals surface area contributed by atoms with Crippen LogP contribution in [0, 0.1) is 12.3 Å². The van der Waals surface area contributed by atoms with Gasteiger partial charge in [0.15, 0.2) is 11.5 Å². The molecule has 3 aromatic rings. The highest BCUT2D eigenvalue weighted by atomic mass is 16.5. The number of aromatic nitrogens is 2. The van der Waals surface area contributed by atoms with Gasteiger partial charge in [-0.25, -0.2) is 9.97 Å². The molecule has 0 aliphatic heterocycles. The third-order valence-electron chi connectivity index (χ3n) is 4.37. The van der Waals surface area contributed by atoms with Crippen LogP contribution in [-0.4, -0.2) is 48.7 Å². The van der Waals surface area contributed by atoms with Crippen LogP contribution >= 0.6 is 0 Å². The van der Waals surface area contributed by atoms with Crippen LogP contribution in [0.5, 0.6) is 11.5 Å². The van der Waals surface area contributed by atoms with Crippen molar-refractivity contribution >= 4 is 28.1 Å². The summed E-state index contributed by atoms with van der Waals surface area (Å²) in [6.45, 7) is 1.56. The smallest absolute Gasteiger partial charge is 0.162 e. The molecule has 0 bridgehead atoms. The predicted octanol–water partition coefficient (Wildman–Crippen LogP) is 3.08. The predicted molar refractivity (Wildman–Crippen MR) is 106 cm³/mol. The van der Waals surface area contributed by atoms with Gasteiger partial charge in [0.2, 0.25) is 0 Å². The Balaban J connectivity index is 2.10. The third kappa shape index (κ3) is 3.54. The molecular formula is C20H22N4O3. The number of fused-ring (bicyclic) bond motifs is 1. The second-order valence-corrected chi connectivity index (χ2v) is 6.06. The summed E-state index contributed by atoms with van der Waals surface area (Å²) in [6, 6.07) is 11.1. The zero-order valence-corrected chi connectivity index (χ0v) is 15.8. The van der Waals surface area contributed by atoms with Crippen molar-refractivity contribution in [3.63, 3.8) is 0 Å². The Bertz CT molecular complexity index is 987. The molecule has 2 aromatic carbocycles. The Morgan fingerprint density at radius 3 is 2.30 bits per heavy atom. The van der Waals surface area contributed by atoms with Crippen LogP contribution in [-0.2, 0) is 0 Å². The minimum absolute atomic E-state index is 0.185. The van der Waals surface area contributed by atoms with E-state index in [9.17, 15) is 0 Å². The van der Waals surface area contributed by atoms with E-state index in [2.05, 4.69) is 9.97 Å². The quantitative estimate of drug-likeness (QED) is 0.652. The molecule has 3 rings (SSSR count). The minimum atomic E-state index is -0.285. The summed E-state index contributed by atoms with van der Waals surface area (Å²) in [6.07, 6.45) is 0. The Morgan fingerprint density at radius 1 is 1.07 bits per heavy atom. The number of hydrogen-bond donors (Lipinski definition) is 2. The summed E-state index contributed by atoms with van der Waals surface area (Å²) in [5.41, 5.74) is 2.54. The van der Waals surface area contributed by atoms with Gasteiger partial charge in [-0.1, -0.05) is 12.1 Å². The standard InChI is InChI=1S/C20H22N4O3/c1-12-22-17-10-19(27-4)18(26-3)9-15(17)20(23-12)24(2)14-7-5-13(6-8-14)16(21)11-25/h5-10,21,25H,11H2,1-4H3. The summed E-state index contributed by atoms with van der Waals surface area (Å²) in [7, 11) is 5.11. The first-order valence-corrected chi connectivity index (χ1v) is 8.41. The molecule has 1 heterocycles.